The van der Waals surface area contributed by atoms with E-state index in [9.17, 15) is 0 Å². The van der Waals surface area contributed by atoms with E-state index in [0.717, 1.165) is 17.0 Å². The molecule has 0 saturated carbocycles. The van der Waals surface area contributed by atoms with Crippen LogP contribution in [0.25, 0.3) is 17.0 Å². The van der Waals surface area contributed by atoms with Gasteiger partial charge in [-0.05, 0) is 6.92 Å². The molecule has 0 spiro atoms. The van der Waals surface area contributed by atoms with Crippen LogP contribution in [-0.2, 0) is 0 Å². The second-order valence-electron chi connectivity index (χ2n) is 3.63. The SMILES string of the molecule is CCOc1cc2[nH]c(-c3ccccc3)nn2n1. The second kappa shape index (κ2) is 3.93. The normalized spacial score (nSPS) is 10.9. The molecule has 0 unspecified atom stereocenters. The number of fused-ring (bicyclic) bond motifs is 1. The molecule has 5 nitrogen and oxygen atoms in total. The maximum absolute atomic E-state index is 5.30. The first-order chi connectivity index (χ1) is 8.36. The lowest BCUT2D eigenvalue weighted by atomic mass is 10.2. The molecule has 1 aromatic carbocycles. The lowest BCUT2D eigenvalue weighted by molar-refractivity contribution is 0.324. The molecule has 17 heavy (non-hydrogen) atoms. The van der Waals surface area contributed by atoms with Crippen LogP contribution in [0.15, 0.2) is 36.4 Å². The van der Waals surface area contributed by atoms with Crippen LogP contribution in [0.5, 0.6) is 5.88 Å². The Labute approximate surface area is 98.0 Å². The van der Waals surface area contributed by atoms with E-state index < -0.39 is 0 Å². The molecule has 0 aliphatic carbocycles. The van der Waals surface area contributed by atoms with Gasteiger partial charge in [0.1, 0.15) is 0 Å². The topological polar surface area (TPSA) is 55.2 Å². The van der Waals surface area contributed by atoms with E-state index in [2.05, 4.69) is 15.2 Å². The average Bonchev–Trinajstić information content (AvgIpc) is 2.88. The number of hydrogen-bond donors (Lipinski definition) is 1. The minimum absolute atomic E-state index is 0.589. The second-order valence-corrected chi connectivity index (χ2v) is 3.63. The number of H-pyrrole nitrogens is 1. The van der Waals surface area contributed by atoms with Gasteiger partial charge in [-0.1, -0.05) is 30.3 Å². The van der Waals surface area contributed by atoms with Crippen molar-refractivity contribution in [3.05, 3.63) is 36.4 Å². The van der Waals surface area contributed by atoms with Gasteiger partial charge in [-0.15, -0.1) is 14.8 Å². The van der Waals surface area contributed by atoms with Crippen LogP contribution in [0.4, 0.5) is 0 Å². The lowest BCUT2D eigenvalue weighted by Crippen LogP contribution is -1.93. The molecule has 0 aliphatic heterocycles. The molecule has 0 radical (unpaired) electrons. The predicted octanol–water partition coefficient (Wildman–Crippen LogP) is 2.12. The van der Waals surface area contributed by atoms with Gasteiger partial charge < -0.3 is 9.72 Å². The largest absolute Gasteiger partial charge is 0.477 e. The van der Waals surface area contributed by atoms with Crippen molar-refractivity contribution in [1.29, 1.82) is 0 Å². The van der Waals surface area contributed by atoms with Crippen molar-refractivity contribution in [3.8, 4) is 17.3 Å². The van der Waals surface area contributed by atoms with Crippen molar-refractivity contribution in [2.75, 3.05) is 6.61 Å². The maximum atomic E-state index is 5.30. The van der Waals surface area contributed by atoms with Crippen LogP contribution in [0.3, 0.4) is 0 Å². The first-order valence-corrected chi connectivity index (χ1v) is 5.51. The molecule has 0 fully saturated rings. The molecule has 2 aromatic heterocycles. The first-order valence-electron chi connectivity index (χ1n) is 5.51. The van der Waals surface area contributed by atoms with Crippen LogP contribution in [0.1, 0.15) is 6.92 Å². The fourth-order valence-electron chi connectivity index (χ4n) is 1.70. The number of nitrogens with zero attached hydrogens (tertiary/aromatic N) is 3. The molecule has 86 valence electrons. The van der Waals surface area contributed by atoms with E-state index in [0.29, 0.717) is 12.5 Å². The van der Waals surface area contributed by atoms with E-state index in [1.54, 1.807) is 4.63 Å². The Morgan fingerprint density at radius 1 is 1.24 bits per heavy atom. The zero-order valence-electron chi connectivity index (χ0n) is 9.42. The van der Waals surface area contributed by atoms with Gasteiger partial charge in [0.05, 0.1) is 6.61 Å². The van der Waals surface area contributed by atoms with Gasteiger partial charge in [0.2, 0.25) is 5.88 Å². The van der Waals surface area contributed by atoms with Gasteiger partial charge in [0, 0.05) is 11.6 Å². The summed E-state index contributed by atoms with van der Waals surface area (Å²) in [7, 11) is 0. The lowest BCUT2D eigenvalue weighted by Gasteiger charge is -1.95. The summed E-state index contributed by atoms with van der Waals surface area (Å²) in [6.07, 6.45) is 0. The number of hydrogen-bond acceptors (Lipinski definition) is 3. The summed E-state index contributed by atoms with van der Waals surface area (Å²) in [6.45, 7) is 2.53. The van der Waals surface area contributed by atoms with Crippen molar-refractivity contribution < 1.29 is 4.74 Å². The van der Waals surface area contributed by atoms with Crippen LogP contribution in [0.2, 0.25) is 0 Å². The average molecular weight is 228 g/mol. The monoisotopic (exact) mass is 228 g/mol. The number of aromatic amines is 1. The fourth-order valence-corrected chi connectivity index (χ4v) is 1.70. The van der Waals surface area contributed by atoms with Gasteiger partial charge in [0.25, 0.3) is 0 Å². The van der Waals surface area contributed by atoms with Gasteiger partial charge >= 0.3 is 0 Å². The van der Waals surface area contributed by atoms with Crippen LogP contribution >= 0.6 is 0 Å². The Bertz CT molecular complexity index is 595. The van der Waals surface area contributed by atoms with E-state index in [1.807, 2.05) is 43.3 Å². The zero-order valence-corrected chi connectivity index (χ0v) is 9.42. The molecule has 3 aromatic rings. The number of nitrogens with one attached hydrogen (secondary N) is 1. The molecule has 0 saturated heterocycles. The standard InChI is InChI=1S/C12H12N4O/c1-2-17-11-8-10-13-12(15-16(10)14-11)9-6-4-3-5-7-9/h3-8H,2H2,1H3,(H,13,15). The van der Waals surface area contributed by atoms with E-state index in [4.69, 9.17) is 4.74 Å². The quantitative estimate of drug-likeness (QED) is 0.747. The number of rotatable bonds is 3. The van der Waals surface area contributed by atoms with Gasteiger partial charge in [-0.25, -0.2) is 0 Å². The minimum Gasteiger partial charge on any atom is -0.477 e. The molecule has 1 N–H and O–H groups in total. The molecule has 0 amide bonds. The third kappa shape index (κ3) is 1.75. The summed E-state index contributed by atoms with van der Waals surface area (Å²) in [5.74, 6) is 1.39. The molecule has 0 aliphatic rings. The Hall–Kier alpha value is -2.30. The third-order valence-electron chi connectivity index (χ3n) is 2.45. The highest BCUT2D eigenvalue weighted by molar-refractivity contribution is 5.58. The molecule has 0 atom stereocenters. The number of benzene rings is 1. The molecule has 0 bridgehead atoms. The third-order valence-corrected chi connectivity index (χ3v) is 2.45. The zero-order chi connectivity index (χ0) is 11.7. The van der Waals surface area contributed by atoms with Gasteiger partial charge in [-0.3, -0.25) is 0 Å². The maximum Gasteiger partial charge on any atom is 0.237 e. The molecular formula is C12H12N4O. The van der Waals surface area contributed by atoms with Crippen LogP contribution < -0.4 is 4.74 Å². The Balaban J connectivity index is 2.01. The molecule has 5 heteroatoms. The van der Waals surface area contributed by atoms with Crippen molar-refractivity contribution in [3.63, 3.8) is 0 Å². The summed E-state index contributed by atoms with van der Waals surface area (Å²) in [5.41, 5.74) is 1.86. The summed E-state index contributed by atoms with van der Waals surface area (Å²) in [5, 5.41) is 8.56. The summed E-state index contributed by atoms with van der Waals surface area (Å²) in [4.78, 5) is 3.20. The van der Waals surface area contributed by atoms with Crippen molar-refractivity contribution in [2.24, 2.45) is 0 Å². The van der Waals surface area contributed by atoms with Crippen molar-refractivity contribution >= 4 is 5.65 Å². The summed E-state index contributed by atoms with van der Waals surface area (Å²) in [6, 6.07) is 11.8. The Kier molecular flexibility index (Phi) is 2.29. The highest BCUT2D eigenvalue weighted by Gasteiger charge is 2.08. The van der Waals surface area contributed by atoms with Crippen molar-refractivity contribution in [1.82, 2.24) is 19.8 Å². The van der Waals surface area contributed by atoms with E-state index in [-0.39, 0.29) is 0 Å². The van der Waals surface area contributed by atoms with Crippen LogP contribution in [-0.4, -0.2) is 26.4 Å². The minimum atomic E-state index is 0.589. The van der Waals surface area contributed by atoms with Gasteiger partial charge in [0.15, 0.2) is 11.5 Å². The number of ether oxygens (including phenoxy) is 1. The predicted molar refractivity (Wildman–Crippen MR) is 63.9 cm³/mol. The molecular weight excluding hydrogens is 216 g/mol. The highest BCUT2D eigenvalue weighted by Crippen LogP contribution is 2.17. The molecule has 2 heterocycles. The van der Waals surface area contributed by atoms with Crippen molar-refractivity contribution in [2.45, 2.75) is 6.92 Å². The smallest absolute Gasteiger partial charge is 0.237 e. The molecule has 3 rings (SSSR count). The summed E-state index contributed by atoms with van der Waals surface area (Å²) < 4.78 is 6.85. The Morgan fingerprint density at radius 2 is 2.06 bits per heavy atom. The fraction of sp³-hybridized carbons (Fsp3) is 0.167. The van der Waals surface area contributed by atoms with E-state index >= 15 is 0 Å². The van der Waals surface area contributed by atoms with Crippen LogP contribution in [0, 0.1) is 0 Å². The number of aromatic nitrogens is 4. The Morgan fingerprint density at radius 3 is 2.76 bits per heavy atom. The highest BCUT2D eigenvalue weighted by atomic mass is 16.5. The van der Waals surface area contributed by atoms with E-state index in [1.165, 1.54) is 0 Å². The first kappa shape index (κ1) is 9.89. The summed E-state index contributed by atoms with van der Waals surface area (Å²) >= 11 is 0. The van der Waals surface area contributed by atoms with Gasteiger partial charge in [-0.2, -0.15) is 0 Å².